The van der Waals surface area contributed by atoms with Crippen LogP contribution >= 0.6 is 0 Å². The van der Waals surface area contributed by atoms with Crippen LogP contribution in [-0.4, -0.2) is 53.1 Å². The Balaban J connectivity index is 2.60. The molecule has 0 saturated heterocycles. The Morgan fingerprint density at radius 1 is 1.58 bits per heavy atom. The summed E-state index contributed by atoms with van der Waals surface area (Å²) in [5.74, 6) is 0.164. The number of carbonyl (C=O) groups excluding carboxylic acids is 2. The molecule has 1 rings (SSSR count). The molecule has 1 N–H and O–H groups in total. The van der Waals surface area contributed by atoms with Crippen LogP contribution in [0.3, 0.4) is 0 Å². The number of aryl methyl sites for hydroxylation is 1. The van der Waals surface area contributed by atoms with E-state index in [0.29, 0.717) is 13.1 Å². The van der Waals surface area contributed by atoms with Gasteiger partial charge in [-0.05, 0) is 7.05 Å². The Kier molecular flexibility index (Phi) is 5.50. The van der Waals surface area contributed by atoms with Crippen molar-refractivity contribution in [2.75, 3.05) is 20.7 Å². The molecule has 0 spiro atoms. The Morgan fingerprint density at radius 2 is 2.26 bits per heavy atom. The second kappa shape index (κ2) is 6.89. The number of hydrogen-bond donors (Lipinski definition) is 1. The van der Waals surface area contributed by atoms with Crippen molar-refractivity contribution in [2.45, 2.75) is 19.5 Å². The second-order valence-corrected chi connectivity index (χ2v) is 4.43. The monoisotopic (exact) mass is 268 g/mol. The largest absolute Gasteiger partial charge is 0.467 e. The standard InChI is InChI=1S/C12H20N4O3/c1-9(17)14-10(12(18)19-4)7-15(2)8-11-13-5-6-16(11)3/h5-6,10H,7-8H2,1-4H3,(H,14,17). The number of ether oxygens (including phenoxy) is 1. The van der Waals surface area contributed by atoms with E-state index in [1.54, 1.807) is 6.20 Å². The van der Waals surface area contributed by atoms with Gasteiger partial charge in [0.25, 0.3) is 0 Å². The smallest absolute Gasteiger partial charge is 0.329 e. The van der Waals surface area contributed by atoms with E-state index in [9.17, 15) is 9.59 Å². The summed E-state index contributed by atoms with van der Waals surface area (Å²) >= 11 is 0. The van der Waals surface area contributed by atoms with Crippen LogP contribution in [0.1, 0.15) is 12.7 Å². The summed E-state index contributed by atoms with van der Waals surface area (Å²) in [5.41, 5.74) is 0. The van der Waals surface area contributed by atoms with Gasteiger partial charge in [0, 0.05) is 32.9 Å². The van der Waals surface area contributed by atoms with E-state index in [1.807, 2.05) is 29.8 Å². The summed E-state index contributed by atoms with van der Waals surface area (Å²) in [6.45, 7) is 2.31. The molecule has 1 unspecified atom stereocenters. The number of hydrogen-bond acceptors (Lipinski definition) is 5. The van der Waals surface area contributed by atoms with Crippen molar-refractivity contribution < 1.29 is 14.3 Å². The molecular formula is C12H20N4O3. The summed E-state index contributed by atoms with van der Waals surface area (Å²) in [6.07, 6.45) is 3.57. The first-order valence-corrected chi connectivity index (χ1v) is 5.93. The lowest BCUT2D eigenvalue weighted by Crippen LogP contribution is -2.47. The Morgan fingerprint density at radius 3 is 2.74 bits per heavy atom. The van der Waals surface area contributed by atoms with Crippen LogP contribution in [0.25, 0.3) is 0 Å². The predicted octanol–water partition coefficient (Wildman–Crippen LogP) is -0.470. The number of esters is 1. The molecule has 1 aromatic heterocycles. The van der Waals surface area contributed by atoms with Gasteiger partial charge in [0.2, 0.25) is 5.91 Å². The number of rotatable bonds is 6. The summed E-state index contributed by atoms with van der Waals surface area (Å²) < 4.78 is 6.58. The highest BCUT2D eigenvalue weighted by atomic mass is 16.5. The van der Waals surface area contributed by atoms with Gasteiger partial charge in [-0.2, -0.15) is 0 Å². The zero-order valence-electron chi connectivity index (χ0n) is 11.7. The SMILES string of the molecule is COC(=O)C(CN(C)Cc1nccn1C)NC(C)=O. The van der Waals surface area contributed by atoms with Crippen molar-refractivity contribution >= 4 is 11.9 Å². The van der Waals surface area contributed by atoms with Gasteiger partial charge in [0.05, 0.1) is 13.7 Å². The number of imidazole rings is 1. The first kappa shape index (κ1) is 15.2. The highest BCUT2D eigenvalue weighted by Gasteiger charge is 2.22. The third-order valence-corrected chi connectivity index (χ3v) is 2.69. The quantitative estimate of drug-likeness (QED) is 0.706. The summed E-state index contributed by atoms with van der Waals surface area (Å²) in [5, 5.41) is 2.57. The molecule has 0 aliphatic carbocycles. The molecule has 1 amide bonds. The average molecular weight is 268 g/mol. The molecule has 0 bridgehead atoms. The van der Waals surface area contributed by atoms with Crippen LogP contribution in [0.15, 0.2) is 12.4 Å². The zero-order valence-corrected chi connectivity index (χ0v) is 11.7. The lowest BCUT2D eigenvalue weighted by atomic mass is 10.2. The molecular weight excluding hydrogens is 248 g/mol. The maximum absolute atomic E-state index is 11.6. The minimum absolute atomic E-state index is 0.263. The minimum Gasteiger partial charge on any atom is -0.467 e. The van der Waals surface area contributed by atoms with Crippen LogP contribution in [0.4, 0.5) is 0 Å². The van der Waals surface area contributed by atoms with Crippen molar-refractivity contribution in [3.05, 3.63) is 18.2 Å². The predicted molar refractivity (Wildman–Crippen MR) is 69.2 cm³/mol. The second-order valence-electron chi connectivity index (χ2n) is 4.43. The van der Waals surface area contributed by atoms with Gasteiger partial charge < -0.3 is 14.6 Å². The molecule has 1 heterocycles. The van der Waals surface area contributed by atoms with E-state index in [4.69, 9.17) is 0 Å². The number of nitrogens with one attached hydrogen (secondary N) is 1. The van der Waals surface area contributed by atoms with Crippen LogP contribution < -0.4 is 5.32 Å². The van der Waals surface area contributed by atoms with Crippen molar-refractivity contribution in [3.8, 4) is 0 Å². The fourth-order valence-electron chi connectivity index (χ4n) is 1.73. The number of carbonyl (C=O) groups is 2. The normalized spacial score (nSPS) is 12.3. The summed E-state index contributed by atoms with van der Waals surface area (Å²) in [4.78, 5) is 28.8. The third kappa shape index (κ3) is 4.70. The van der Waals surface area contributed by atoms with Crippen LogP contribution in [0.5, 0.6) is 0 Å². The molecule has 0 aliphatic heterocycles. The van der Waals surface area contributed by atoms with E-state index < -0.39 is 12.0 Å². The number of likely N-dealkylation sites (N-methyl/N-ethyl adjacent to an activating group) is 1. The van der Waals surface area contributed by atoms with E-state index in [1.165, 1.54) is 14.0 Å². The van der Waals surface area contributed by atoms with E-state index in [2.05, 4.69) is 15.0 Å². The van der Waals surface area contributed by atoms with E-state index in [-0.39, 0.29) is 5.91 Å². The van der Waals surface area contributed by atoms with E-state index in [0.717, 1.165) is 5.82 Å². The van der Waals surface area contributed by atoms with Crippen LogP contribution in [0.2, 0.25) is 0 Å². The zero-order chi connectivity index (χ0) is 14.4. The van der Waals surface area contributed by atoms with Crippen molar-refractivity contribution in [3.63, 3.8) is 0 Å². The van der Waals surface area contributed by atoms with Crippen molar-refractivity contribution in [1.29, 1.82) is 0 Å². The summed E-state index contributed by atoms with van der Waals surface area (Å²) in [7, 11) is 5.06. The molecule has 1 atom stereocenters. The molecule has 7 heteroatoms. The summed E-state index contributed by atoms with van der Waals surface area (Å²) in [6, 6.07) is -0.673. The molecule has 19 heavy (non-hydrogen) atoms. The van der Waals surface area contributed by atoms with Gasteiger partial charge in [0.15, 0.2) is 0 Å². The van der Waals surface area contributed by atoms with Crippen LogP contribution in [0, 0.1) is 0 Å². The highest BCUT2D eigenvalue weighted by Crippen LogP contribution is 2.01. The number of aromatic nitrogens is 2. The van der Waals surface area contributed by atoms with Crippen molar-refractivity contribution in [2.24, 2.45) is 7.05 Å². The maximum Gasteiger partial charge on any atom is 0.329 e. The Hall–Kier alpha value is -1.89. The molecule has 0 saturated carbocycles. The van der Waals surface area contributed by atoms with Gasteiger partial charge in [-0.1, -0.05) is 0 Å². The topological polar surface area (TPSA) is 76.5 Å². The molecule has 0 fully saturated rings. The highest BCUT2D eigenvalue weighted by molar-refractivity contribution is 5.83. The van der Waals surface area contributed by atoms with Crippen LogP contribution in [-0.2, 0) is 27.9 Å². The van der Waals surface area contributed by atoms with Gasteiger partial charge in [-0.15, -0.1) is 0 Å². The van der Waals surface area contributed by atoms with Gasteiger partial charge >= 0.3 is 5.97 Å². The number of nitrogens with zero attached hydrogens (tertiary/aromatic N) is 3. The fraction of sp³-hybridized carbons (Fsp3) is 0.583. The van der Waals surface area contributed by atoms with Gasteiger partial charge in [0.1, 0.15) is 11.9 Å². The van der Waals surface area contributed by atoms with E-state index >= 15 is 0 Å². The first-order valence-electron chi connectivity index (χ1n) is 5.93. The molecule has 106 valence electrons. The van der Waals surface area contributed by atoms with Crippen molar-refractivity contribution in [1.82, 2.24) is 19.8 Å². The molecule has 0 aromatic carbocycles. The molecule has 1 aromatic rings. The number of amides is 1. The Bertz CT molecular complexity index is 444. The lowest BCUT2D eigenvalue weighted by Gasteiger charge is -2.22. The fourth-order valence-corrected chi connectivity index (χ4v) is 1.73. The lowest BCUT2D eigenvalue weighted by molar-refractivity contribution is -0.145. The van der Waals surface area contributed by atoms with Gasteiger partial charge in [-0.3, -0.25) is 9.69 Å². The minimum atomic E-state index is -0.673. The Labute approximate surface area is 112 Å². The molecule has 0 aliphatic rings. The molecule has 7 nitrogen and oxygen atoms in total. The van der Waals surface area contributed by atoms with Gasteiger partial charge in [-0.25, -0.2) is 9.78 Å². The average Bonchev–Trinajstić information content (AvgIpc) is 2.72. The first-order chi connectivity index (χ1) is 8.93. The molecule has 0 radical (unpaired) electrons. The maximum atomic E-state index is 11.6. The number of methoxy groups -OCH3 is 1. The third-order valence-electron chi connectivity index (χ3n) is 2.69.